The summed E-state index contributed by atoms with van der Waals surface area (Å²) < 4.78 is 32.4. The number of methoxy groups -OCH3 is 1. The third-order valence-electron chi connectivity index (χ3n) is 4.74. The van der Waals surface area contributed by atoms with Gasteiger partial charge >= 0.3 is 0 Å². The third-order valence-corrected chi connectivity index (χ3v) is 6.64. The fourth-order valence-electron chi connectivity index (χ4n) is 3.25. The third kappa shape index (κ3) is 4.10. The van der Waals surface area contributed by atoms with Crippen LogP contribution in [0.2, 0.25) is 0 Å². The van der Waals surface area contributed by atoms with Crippen LogP contribution in [0.5, 0.6) is 5.75 Å². The molecule has 1 fully saturated rings. The number of rotatable bonds is 6. The van der Waals surface area contributed by atoms with Crippen molar-refractivity contribution < 1.29 is 18.1 Å². The van der Waals surface area contributed by atoms with E-state index in [-0.39, 0.29) is 16.3 Å². The Bertz CT molecular complexity index is 985. The van der Waals surface area contributed by atoms with Crippen LogP contribution in [0.15, 0.2) is 41.3 Å². The van der Waals surface area contributed by atoms with Gasteiger partial charge in [-0.2, -0.15) is 4.31 Å². The molecule has 9 heteroatoms. The van der Waals surface area contributed by atoms with E-state index in [1.54, 1.807) is 12.1 Å². The normalized spacial score (nSPS) is 15.2. The number of nitrogens with one attached hydrogen (secondary N) is 1. The predicted octanol–water partition coefficient (Wildman–Crippen LogP) is 3.83. The average molecular weight is 405 g/mol. The first-order chi connectivity index (χ1) is 13.3. The Labute approximate surface area is 164 Å². The molecule has 0 aromatic heterocycles. The lowest BCUT2D eigenvalue weighted by atomic mass is 10.2. The summed E-state index contributed by atoms with van der Waals surface area (Å²) in [5.74, 6) is 0.532. The highest BCUT2D eigenvalue weighted by Crippen LogP contribution is 2.35. The number of nitrogens with zero attached hydrogens (tertiary/aromatic N) is 2. The van der Waals surface area contributed by atoms with Crippen molar-refractivity contribution in [2.24, 2.45) is 0 Å². The summed E-state index contributed by atoms with van der Waals surface area (Å²) in [6, 6.07) is 9.39. The van der Waals surface area contributed by atoms with Gasteiger partial charge in [0.2, 0.25) is 10.0 Å². The maximum Gasteiger partial charge on any atom is 0.294 e. The number of piperidine rings is 1. The first-order valence-corrected chi connectivity index (χ1v) is 10.5. The van der Waals surface area contributed by atoms with Gasteiger partial charge in [0.1, 0.15) is 11.4 Å². The van der Waals surface area contributed by atoms with E-state index in [0.29, 0.717) is 24.5 Å². The smallest absolute Gasteiger partial charge is 0.294 e. The number of hydrogen-bond acceptors (Lipinski definition) is 6. The van der Waals surface area contributed by atoms with E-state index in [2.05, 4.69) is 5.32 Å². The molecule has 0 radical (unpaired) electrons. The molecule has 0 saturated carbocycles. The molecule has 3 rings (SSSR count). The highest BCUT2D eigenvalue weighted by Gasteiger charge is 2.28. The molecule has 0 bridgehead atoms. The molecular formula is C19H23N3O5S. The van der Waals surface area contributed by atoms with Gasteiger partial charge in [-0.1, -0.05) is 12.5 Å². The zero-order valence-electron chi connectivity index (χ0n) is 15.8. The Kier molecular flexibility index (Phi) is 5.85. The van der Waals surface area contributed by atoms with Gasteiger partial charge in [0.15, 0.2) is 0 Å². The Balaban J connectivity index is 1.98. The summed E-state index contributed by atoms with van der Waals surface area (Å²) in [7, 11) is -2.24. The predicted molar refractivity (Wildman–Crippen MR) is 107 cm³/mol. The SMILES string of the molecule is COc1ccc(C)cc1Nc1ccc(S(=O)(=O)N2CCCCC2)cc1[N+](=O)[O-]. The van der Waals surface area contributed by atoms with Gasteiger partial charge in [-0.05, 0) is 49.6 Å². The van der Waals surface area contributed by atoms with E-state index in [1.807, 2.05) is 13.0 Å². The topological polar surface area (TPSA) is 102 Å². The van der Waals surface area contributed by atoms with Crippen molar-refractivity contribution in [3.05, 3.63) is 52.1 Å². The summed E-state index contributed by atoms with van der Waals surface area (Å²) >= 11 is 0. The Morgan fingerprint density at radius 3 is 2.43 bits per heavy atom. The van der Waals surface area contributed by atoms with E-state index in [1.165, 1.54) is 23.5 Å². The molecule has 1 aliphatic heterocycles. The van der Waals surface area contributed by atoms with Gasteiger partial charge in [0.05, 0.1) is 22.6 Å². The minimum absolute atomic E-state index is 0.0668. The zero-order chi connectivity index (χ0) is 20.3. The summed E-state index contributed by atoms with van der Waals surface area (Å²) in [6.45, 7) is 2.78. The molecule has 2 aromatic rings. The number of ether oxygens (including phenoxy) is 1. The van der Waals surface area contributed by atoms with Gasteiger partial charge in [0, 0.05) is 19.2 Å². The fourth-order valence-corrected chi connectivity index (χ4v) is 4.79. The minimum atomic E-state index is -3.75. The number of anilines is 2. The number of benzene rings is 2. The molecule has 1 saturated heterocycles. The molecule has 0 aliphatic carbocycles. The quantitative estimate of drug-likeness (QED) is 0.579. The van der Waals surface area contributed by atoms with E-state index in [9.17, 15) is 18.5 Å². The monoisotopic (exact) mass is 405 g/mol. The van der Waals surface area contributed by atoms with Gasteiger partial charge in [-0.3, -0.25) is 10.1 Å². The molecule has 0 spiro atoms. The summed E-state index contributed by atoms with van der Waals surface area (Å²) in [4.78, 5) is 11.0. The van der Waals surface area contributed by atoms with Crippen LogP contribution in [0, 0.1) is 17.0 Å². The van der Waals surface area contributed by atoms with Crippen molar-refractivity contribution in [3.63, 3.8) is 0 Å². The average Bonchev–Trinajstić information content (AvgIpc) is 2.69. The number of aryl methyl sites for hydroxylation is 1. The maximum atomic E-state index is 12.8. The van der Waals surface area contributed by atoms with Crippen LogP contribution in [0.4, 0.5) is 17.1 Å². The van der Waals surface area contributed by atoms with Crippen LogP contribution in [0.3, 0.4) is 0 Å². The lowest BCUT2D eigenvalue weighted by Crippen LogP contribution is -2.35. The molecule has 0 unspecified atom stereocenters. The van der Waals surface area contributed by atoms with Gasteiger partial charge in [-0.15, -0.1) is 0 Å². The molecule has 1 aliphatic rings. The molecule has 0 amide bonds. The van der Waals surface area contributed by atoms with Gasteiger partial charge in [-0.25, -0.2) is 8.42 Å². The summed E-state index contributed by atoms with van der Waals surface area (Å²) in [6.07, 6.45) is 2.59. The number of sulfonamides is 1. The van der Waals surface area contributed by atoms with Crippen molar-refractivity contribution in [1.82, 2.24) is 4.31 Å². The first kappa shape index (κ1) is 20.1. The van der Waals surface area contributed by atoms with E-state index < -0.39 is 14.9 Å². The van der Waals surface area contributed by atoms with E-state index >= 15 is 0 Å². The molecule has 2 aromatic carbocycles. The molecule has 28 heavy (non-hydrogen) atoms. The number of nitro groups is 1. The van der Waals surface area contributed by atoms with Crippen molar-refractivity contribution in [2.45, 2.75) is 31.1 Å². The highest BCUT2D eigenvalue weighted by atomic mass is 32.2. The van der Waals surface area contributed by atoms with E-state index in [0.717, 1.165) is 30.9 Å². The van der Waals surface area contributed by atoms with Crippen molar-refractivity contribution >= 4 is 27.1 Å². The van der Waals surface area contributed by atoms with Crippen molar-refractivity contribution in [3.8, 4) is 5.75 Å². The molecule has 0 atom stereocenters. The summed E-state index contributed by atoms with van der Waals surface area (Å²) in [5, 5.41) is 14.6. The summed E-state index contributed by atoms with van der Waals surface area (Å²) in [5.41, 5.74) is 1.42. The minimum Gasteiger partial charge on any atom is -0.495 e. The Morgan fingerprint density at radius 2 is 1.79 bits per heavy atom. The number of hydrogen-bond donors (Lipinski definition) is 1. The second-order valence-electron chi connectivity index (χ2n) is 6.73. The van der Waals surface area contributed by atoms with E-state index in [4.69, 9.17) is 4.74 Å². The lowest BCUT2D eigenvalue weighted by molar-refractivity contribution is -0.384. The van der Waals surface area contributed by atoms with Crippen LogP contribution >= 0.6 is 0 Å². The van der Waals surface area contributed by atoms with Crippen LogP contribution in [-0.2, 0) is 10.0 Å². The zero-order valence-corrected chi connectivity index (χ0v) is 16.7. The van der Waals surface area contributed by atoms with Gasteiger partial charge < -0.3 is 10.1 Å². The van der Waals surface area contributed by atoms with Gasteiger partial charge in [0.25, 0.3) is 5.69 Å². The second-order valence-corrected chi connectivity index (χ2v) is 8.67. The Hall–Kier alpha value is -2.65. The fraction of sp³-hybridized carbons (Fsp3) is 0.368. The molecule has 8 nitrogen and oxygen atoms in total. The molecular weight excluding hydrogens is 382 g/mol. The van der Waals surface area contributed by atoms with Crippen molar-refractivity contribution in [1.29, 1.82) is 0 Å². The number of nitro benzene ring substituents is 1. The van der Waals surface area contributed by atoms with Crippen LogP contribution < -0.4 is 10.1 Å². The maximum absolute atomic E-state index is 12.8. The standard InChI is InChI=1S/C19H23N3O5S/c1-14-6-9-19(27-2)17(12-14)20-16-8-7-15(13-18(16)22(23)24)28(25,26)21-10-4-3-5-11-21/h6-9,12-13,20H,3-5,10-11H2,1-2H3. The first-order valence-electron chi connectivity index (χ1n) is 9.03. The van der Waals surface area contributed by atoms with Crippen LogP contribution in [0.25, 0.3) is 0 Å². The van der Waals surface area contributed by atoms with Crippen LogP contribution in [0.1, 0.15) is 24.8 Å². The van der Waals surface area contributed by atoms with Crippen molar-refractivity contribution in [2.75, 3.05) is 25.5 Å². The van der Waals surface area contributed by atoms with Crippen LogP contribution in [-0.4, -0.2) is 37.8 Å². The lowest BCUT2D eigenvalue weighted by Gasteiger charge is -2.25. The largest absolute Gasteiger partial charge is 0.495 e. The Morgan fingerprint density at radius 1 is 1.07 bits per heavy atom. The molecule has 1 N–H and O–H groups in total. The molecule has 150 valence electrons. The second kappa shape index (κ2) is 8.15. The molecule has 1 heterocycles. The highest BCUT2D eigenvalue weighted by molar-refractivity contribution is 7.89.